The Hall–Kier alpha value is -1.20. The zero-order chi connectivity index (χ0) is 12.7. The van der Waals surface area contributed by atoms with Gasteiger partial charge in [-0.05, 0) is 19.3 Å². The monoisotopic (exact) mass is 238 g/mol. The molecule has 0 spiro atoms. The number of ether oxygens (including phenoxy) is 1. The molecule has 5 heteroatoms. The molecule has 1 heterocycles. The molecule has 1 aromatic rings. The van der Waals surface area contributed by atoms with Crippen molar-refractivity contribution < 1.29 is 4.74 Å². The Labute approximate surface area is 103 Å². The first-order valence-electron chi connectivity index (χ1n) is 6.04. The summed E-state index contributed by atoms with van der Waals surface area (Å²) >= 11 is 0. The Morgan fingerprint density at radius 3 is 2.88 bits per heavy atom. The maximum Gasteiger partial charge on any atom is 0.156 e. The molecule has 1 unspecified atom stereocenters. The van der Waals surface area contributed by atoms with Crippen LogP contribution in [0.25, 0.3) is 0 Å². The summed E-state index contributed by atoms with van der Waals surface area (Å²) in [6.07, 6.45) is 2.37. The molecule has 0 amide bonds. The highest BCUT2D eigenvalue weighted by molar-refractivity contribution is 5.33. The SMILES string of the molecule is CCCC(C)COCc1nc(C)cc(NN)n1. The van der Waals surface area contributed by atoms with Crippen LogP contribution in [-0.4, -0.2) is 16.6 Å². The topological polar surface area (TPSA) is 73.1 Å². The van der Waals surface area contributed by atoms with Crippen molar-refractivity contribution in [1.82, 2.24) is 9.97 Å². The minimum Gasteiger partial charge on any atom is -0.373 e. The number of nitrogens with two attached hydrogens (primary N) is 1. The summed E-state index contributed by atoms with van der Waals surface area (Å²) in [7, 11) is 0. The lowest BCUT2D eigenvalue weighted by Gasteiger charge is -2.10. The number of hydrogen-bond donors (Lipinski definition) is 2. The number of rotatable bonds is 7. The van der Waals surface area contributed by atoms with E-state index >= 15 is 0 Å². The van der Waals surface area contributed by atoms with Crippen LogP contribution >= 0.6 is 0 Å². The molecular formula is C12H22N4O. The molecule has 0 saturated heterocycles. The van der Waals surface area contributed by atoms with E-state index in [1.807, 2.05) is 6.92 Å². The summed E-state index contributed by atoms with van der Waals surface area (Å²) in [6.45, 7) is 7.46. The zero-order valence-corrected chi connectivity index (χ0v) is 10.9. The molecule has 0 aliphatic rings. The van der Waals surface area contributed by atoms with Crippen molar-refractivity contribution in [3.05, 3.63) is 17.6 Å². The van der Waals surface area contributed by atoms with Crippen molar-refractivity contribution in [3.63, 3.8) is 0 Å². The fourth-order valence-corrected chi connectivity index (χ4v) is 1.70. The molecule has 5 nitrogen and oxygen atoms in total. The molecule has 17 heavy (non-hydrogen) atoms. The van der Waals surface area contributed by atoms with E-state index in [0.717, 1.165) is 12.3 Å². The lowest BCUT2D eigenvalue weighted by molar-refractivity contribution is 0.0848. The third kappa shape index (κ3) is 5.10. The van der Waals surface area contributed by atoms with Crippen LogP contribution in [0.3, 0.4) is 0 Å². The van der Waals surface area contributed by atoms with Gasteiger partial charge in [0.25, 0.3) is 0 Å². The summed E-state index contributed by atoms with van der Waals surface area (Å²) in [4.78, 5) is 8.52. The van der Waals surface area contributed by atoms with E-state index in [9.17, 15) is 0 Å². The van der Waals surface area contributed by atoms with Crippen LogP contribution in [0.5, 0.6) is 0 Å². The van der Waals surface area contributed by atoms with Gasteiger partial charge in [-0.1, -0.05) is 20.3 Å². The average Bonchev–Trinajstić information content (AvgIpc) is 2.28. The summed E-state index contributed by atoms with van der Waals surface area (Å²) < 4.78 is 5.59. The first-order chi connectivity index (χ1) is 8.15. The maximum atomic E-state index is 5.59. The predicted octanol–water partition coefficient (Wildman–Crippen LogP) is 2.02. The molecule has 96 valence electrons. The molecule has 0 radical (unpaired) electrons. The highest BCUT2D eigenvalue weighted by Crippen LogP contribution is 2.08. The summed E-state index contributed by atoms with van der Waals surface area (Å²) in [6, 6.07) is 1.79. The van der Waals surface area contributed by atoms with Crippen molar-refractivity contribution in [2.75, 3.05) is 12.0 Å². The molecule has 3 N–H and O–H groups in total. The quantitative estimate of drug-likeness (QED) is 0.561. The number of anilines is 1. The van der Waals surface area contributed by atoms with Crippen molar-refractivity contribution in [2.45, 2.75) is 40.2 Å². The van der Waals surface area contributed by atoms with Crippen LogP contribution in [0.1, 0.15) is 38.2 Å². The molecule has 0 fully saturated rings. The van der Waals surface area contributed by atoms with Gasteiger partial charge in [0, 0.05) is 18.4 Å². The van der Waals surface area contributed by atoms with Crippen LogP contribution < -0.4 is 11.3 Å². The maximum absolute atomic E-state index is 5.59. The molecular weight excluding hydrogens is 216 g/mol. The number of hydrogen-bond acceptors (Lipinski definition) is 5. The Morgan fingerprint density at radius 1 is 1.47 bits per heavy atom. The Bertz CT molecular complexity index is 343. The van der Waals surface area contributed by atoms with Crippen molar-refractivity contribution in [2.24, 2.45) is 11.8 Å². The number of nitrogens with zero attached hydrogens (tertiary/aromatic N) is 2. The van der Waals surface area contributed by atoms with Gasteiger partial charge < -0.3 is 10.2 Å². The molecule has 0 saturated carbocycles. The molecule has 0 aromatic carbocycles. The van der Waals surface area contributed by atoms with Gasteiger partial charge in [0.05, 0.1) is 0 Å². The largest absolute Gasteiger partial charge is 0.373 e. The number of nitrogens with one attached hydrogen (secondary N) is 1. The van der Waals surface area contributed by atoms with E-state index in [1.165, 1.54) is 12.8 Å². The first kappa shape index (κ1) is 13.9. The molecule has 1 rings (SSSR count). The van der Waals surface area contributed by atoms with E-state index < -0.39 is 0 Å². The Balaban J connectivity index is 2.43. The first-order valence-corrected chi connectivity index (χ1v) is 6.04. The summed E-state index contributed by atoms with van der Waals surface area (Å²) in [5, 5.41) is 0. The zero-order valence-electron chi connectivity index (χ0n) is 10.9. The third-order valence-corrected chi connectivity index (χ3v) is 2.46. The second kappa shape index (κ2) is 7.19. The van der Waals surface area contributed by atoms with Crippen molar-refractivity contribution in [3.8, 4) is 0 Å². The lowest BCUT2D eigenvalue weighted by atomic mass is 10.1. The van der Waals surface area contributed by atoms with Gasteiger partial charge in [-0.15, -0.1) is 0 Å². The van der Waals surface area contributed by atoms with Crippen molar-refractivity contribution in [1.29, 1.82) is 0 Å². The standard InChI is InChI=1S/C12H22N4O/c1-4-5-9(2)7-17-8-12-14-10(3)6-11(15-12)16-13/h6,9H,4-5,7-8,13H2,1-3H3,(H,14,15,16). The smallest absolute Gasteiger partial charge is 0.156 e. The fourth-order valence-electron chi connectivity index (χ4n) is 1.70. The van der Waals surface area contributed by atoms with Gasteiger partial charge in [-0.2, -0.15) is 0 Å². The highest BCUT2D eigenvalue weighted by atomic mass is 16.5. The van der Waals surface area contributed by atoms with E-state index in [1.54, 1.807) is 6.07 Å². The van der Waals surface area contributed by atoms with Crippen LogP contribution in [-0.2, 0) is 11.3 Å². The lowest BCUT2D eigenvalue weighted by Crippen LogP contribution is -2.12. The van der Waals surface area contributed by atoms with E-state index in [-0.39, 0.29) is 0 Å². The van der Waals surface area contributed by atoms with Gasteiger partial charge >= 0.3 is 0 Å². The summed E-state index contributed by atoms with van der Waals surface area (Å²) in [5.41, 5.74) is 3.40. The van der Waals surface area contributed by atoms with Gasteiger partial charge in [0.2, 0.25) is 0 Å². The summed E-state index contributed by atoms with van der Waals surface area (Å²) in [5.74, 6) is 7.19. The van der Waals surface area contributed by atoms with Crippen molar-refractivity contribution >= 4 is 5.82 Å². The molecule has 1 aromatic heterocycles. The van der Waals surface area contributed by atoms with Gasteiger partial charge in [-0.25, -0.2) is 15.8 Å². The van der Waals surface area contributed by atoms with E-state index in [2.05, 4.69) is 29.2 Å². The van der Waals surface area contributed by atoms with Crippen LogP contribution in [0.2, 0.25) is 0 Å². The normalized spacial score (nSPS) is 12.5. The second-order valence-corrected chi connectivity index (χ2v) is 4.36. The second-order valence-electron chi connectivity index (χ2n) is 4.36. The van der Waals surface area contributed by atoms with Crippen LogP contribution in [0, 0.1) is 12.8 Å². The highest BCUT2D eigenvalue weighted by Gasteiger charge is 2.04. The van der Waals surface area contributed by atoms with Crippen LogP contribution in [0.4, 0.5) is 5.82 Å². The Kier molecular flexibility index (Phi) is 5.86. The molecule has 0 aliphatic heterocycles. The molecule has 1 atom stereocenters. The van der Waals surface area contributed by atoms with E-state index in [0.29, 0.717) is 24.2 Å². The van der Waals surface area contributed by atoms with Crippen LogP contribution in [0.15, 0.2) is 6.07 Å². The van der Waals surface area contributed by atoms with E-state index in [4.69, 9.17) is 10.6 Å². The minimum atomic E-state index is 0.435. The molecule has 0 aliphatic carbocycles. The number of aryl methyl sites for hydroxylation is 1. The predicted molar refractivity (Wildman–Crippen MR) is 68.3 cm³/mol. The Morgan fingerprint density at radius 2 is 2.24 bits per heavy atom. The average molecular weight is 238 g/mol. The van der Waals surface area contributed by atoms with Gasteiger partial charge in [-0.3, -0.25) is 0 Å². The fraction of sp³-hybridized carbons (Fsp3) is 0.667. The number of aromatic nitrogens is 2. The van der Waals surface area contributed by atoms with Gasteiger partial charge in [0.1, 0.15) is 12.4 Å². The van der Waals surface area contributed by atoms with Gasteiger partial charge in [0.15, 0.2) is 5.82 Å². The number of nitrogen functional groups attached to an aromatic ring is 1. The number of hydrazine groups is 1. The minimum absolute atomic E-state index is 0.435. The molecule has 0 bridgehead atoms. The third-order valence-electron chi connectivity index (χ3n) is 2.46.